The Bertz CT molecular complexity index is 1290. The number of amides is 2. The van der Waals surface area contributed by atoms with E-state index >= 15 is 0 Å². The molecule has 154 valence electrons. The van der Waals surface area contributed by atoms with Crippen molar-refractivity contribution < 1.29 is 14.0 Å². The summed E-state index contributed by atoms with van der Waals surface area (Å²) >= 11 is 1.42. The highest BCUT2D eigenvalue weighted by Crippen LogP contribution is 2.24. The Morgan fingerprint density at radius 1 is 1.13 bits per heavy atom. The van der Waals surface area contributed by atoms with Crippen LogP contribution in [0.3, 0.4) is 0 Å². The van der Waals surface area contributed by atoms with Crippen molar-refractivity contribution >= 4 is 40.3 Å². The van der Waals surface area contributed by atoms with Gasteiger partial charge in [0, 0.05) is 27.9 Å². The maximum Gasteiger partial charge on any atom is 0.305 e. The second kappa shape index (κ2) is 7.79. The van der Waals surface area contributed by atoms with E-state index in [1.165, 1.54) is 11.8 Å². The predicted molar refractivity (Wildman–Crippen MR) is 112 cm³/mol. The fraction of sp³-hybridized carbons (Fsp3) is 0.250. The number of thioether (sulfide) groups is 1. The fourth-order valence-corrected chi connectivity index (χ4v) is 3.65. The summed E-state index contributed by atoms with van der Waals surface area (Å²) in [4.78, 5) is 33.7. The lowest BCUT2D eigenvalue weighted by Crippen LogP contribution is -2.42. The molecule has 4 aromatic rings. The molecular weight excluding hydrogens is 404 g/mol. The van der Waals surface area contributed by atoms with E-state index in [1.54, 1.807) is 17.5 Å². The lowest BCUT2D eigenvalue weighted by molar-refractivity contribution is -0.121. The Balaban J connectivity index is 1.48. The third-order valence-electron chi connectivity index (χ3n) is 4.91. The van der Waals surface area contributed by atoms with E-state index < -0.39 is 5.91 Å². The van der Waals surface area contributed by atoms with Crippen molar-refractivity contribution in [1.82, 2.24) is 30.4 Å². The van der Waals surface area contributed by atoms with E-state index in [0.717, 1.165) is 22.2 Å². The number of benzene rings is 1. The Morgan fingerprint density at radius 2 is 1.90 bits per heavy atom. The first-order valence-electron chi connectivity index (χ1n) is 9.23. The van der Waals surface area contributed by atoms with Gasteiger partial charge < -0.3 is 4.42 Å². The lowest BCUT2D eigenvalue weighted by Gasteiger charge is -2.11. The first kappa shape index (κ1) is 19.9. The van der Waals surface area contributed by atoms with Crippen LogP contribution in [-0.4, -0.2) is 37.7 Å². The minimum atomic E-state index is -0.514. The zero-order valence-electron chi connectivity index (χ0n) is 16.9. The Labute approximate surface area is 176 Å². The molecule has 4 rings (SSSR count). The topological polar surface area (TPSA) is 114 Å². The highest BCUT2D eigenvalue weighted by atomic mass is 32.2. The second-order valence-electron chi connectivity index (χ2n) is 6.80. The highest BCUT2D eigenvalue weighted by Gasteiger charge is 2.19. The number of furan rings is 1. The van der Waals surface area contributed by atoms with Crippen LogP contribution in [0.2, 0.25) is 0 Å². The van der Waals surface area contributed by atoms with Gasteiger partial charge in [-0.05, 0) is 33.1 Å². The first-order chi connectivity index (χ1) is 14.4. The molecule has 0 saturated heterocycles. The molecule has 0 spiro atoms. The molecule has 0 saturated carbocycles. The van der Waals surface area contributed by atoms with Gasteiger partial charge in [-0.1, -0.05) is 30.0 Å². The Morgan fingerprint density at radius 3 is 2.63 bits per heavy atom. The molecule has 1 aromatic carbocycles. The minimum absolute atomic E-state index is 0.0362. The van der Waals surface area contributed by atoms with Gasteiger partial charge in [-0.2, -0.15) is 4.98 Å². The van der Waals surface area contributed by atoms with Crippen molar-refractivity contribution in [3.8, 4) is 0 Å². The van der Waals surface area contributed by atoms with Crippen LogP contribution in [0.25, 0.3) is 16.7 Å². The van der Waals surface area contributed by atoms with Crippen molar-refractivity contribution in [2.75, 3.05) is 6.26 Å². The number of hydrazine groups is 1. The van der Waals surface area contributed by atoms with Gasteiger partial charge in [-0.25, -0.2) is 9.50 Å². The number of carbonyl (C=O) groups excluding carboxylic acids is 2. The summed E-state index contributed by atoms with van der Waals surface area (Å²) < 4.78 is 7.24. The molecule has 0 fully saturated rings. The van der Waals surface area contributed by atoms with E-state index in [0.29, 0.717) is 22.2 Å². The monoisotopic (exact) mass is 424 g/mol. The largest absolute Gasteiger partial charge is 0.451 e. The van der Waals surface area contributed by atoms with Gasteiger partial charge >= 0.3 is 5.91 Å². The molecule has 0 atom stereocenters. The molecule has 3 aromatic heterocycles. The third-order valence-corrected chi connectivity index (χ3v) is 5.45. The van der Waals surface area contributed by atoms with Crippen LogP contribution in [0, 0.1) is 20.8 Å². The standard InChI is InChI=1S/C20H20N6O3S/c1-10-13-7-5-6-8-15(13)29-17(10)18(28)24-23-16(27)9-14-11(2)21-19-22-20(30-4)25-26(19)12(14)3/h5-8H,9H2,1-4H3,(H,23,27)(H,24,28). The summed E-state index contributed by atoms with van der Waals surface area (Å²) in [5, 5.41) is 5.85. The van der Waals surface area contributed by atoms with Crippen LogP contribution in [0.1, 0.15) is 33.1 Å². The maximum absolute atomic E-state index is 12.5. The molecule has 9 nitrogen and oxygen atoms in total. The number of nitrogens with zero attached hydrogens (tertiary/aromatic N) is 4. The van der Waals surface area contributed by atoms with Gasteiger partial charge in [-0.3, -0.25) is 20.4 Å². The van der Waals surface area contributed by atoms with Crippen LogP contribution in [-0.2, 0) is 11.2 Å². The zero-order valence-corrected chi connectivity index (χ0v) is 17.8. The molecule has 2 N–H and O–H groups in total. The normalized spacial score (nSPS) is 11.2. The summed E-state index contributed by atoms with van der Waals surface area (Å²) in [6, 6.07) is 7.38. The molecule has 0 radical (unpaired) electrons. The van der Waals surface area contributed by atoms with E-state index in [4.69, 9.17) is 4.42 Å². The van der Waals surface area contributed by atoms with Crippen LogP contribution in [0.15, 0.2) is 33.8 Å². The number of hydrogen-bond acceptors (Lipinski definition) is 7. The molecule has 30 heavy (non-hydrogen) atoms. The number of aromatic nitrogens is 4. The van der Waals surface area contributed by atoms with Crippen molar-refractivity contribution in [1.29, 1.82) is 0 Å². The minimum Gasteiger partial charge on any atom is -0.451 e. The number of aryl methyl sites for hydroxylation is 3. The Kier molecular flexibility index (Phi) is 5.17. The number of fused-ring (bicyclic) bond motifs is 2. The van der Waals surface area contributed by atoms with Gasteiger partial charge in [0.1, 0.15) is 5.58 Å². The lowest BCUT2D eigenvalue weighted by atomic mass is 10.1. The SMILES string of the molecule is CSc1nc2nc(C)c(CC(=O)NNC(=O)c3oc4ccccc4c3C)c(C)n2n1. The number of nitrogens with one attached hydrogen (secondary N) is 2. The molecule has 3 heterocycles. The summed E-state index contributed by atoms with van der Waals surface area (Å²) in [6.45, 7) is 5.48. The van der Waals surface area contributed by atoms with E-state index in [1.807, 2.05) is 38.3 Å². The molecule has 0 aliphatic rings. The van der Waals surface area contributed by atoms with Crippen LogP contribution in [0.4, 0.5) is 0 Å². The van der Waals surface area contributed by atoms with Crippen molar-refractivity contribution in [2.45, 2.75) is 32.3 Å². The van der Waals surface area contributed by atoms with Crippen LogP contribution >= 0.6 is 11.8 Å². The smallest absolute Gasteiger partial charge is 0.305 e. The highest BCUT2D eigenvalue weighted by molar-refractivity contribution is 7.98. The summed E-state index contributed by atoms with van der Waals surface area (Å²) in [6.07, 6.45) is 1.92. The predicted octanol–water partition coefficient (Wildman–Crippen LogP) is 2.52. The molecule has 0 bridgehead atoms. The quantitative estimate of drug-likeness (QED) is 0.382. The van der Waals surface area contributed by atoms with Gasteiger partial charge in [0.25, 0.3) is 5.78 Å². The third kappa shape index (κ3) is 3.50. The summed E-state index contributed by atoms with van der Waals surface area (Å²) in [5.41, 5.74) is 8.40. The molecule has 10 heteroatoms. The molecule has 0 aliphatic carbocycles. The molecular formula is C20H20N6O3S. The van der Waals surface area contributed by atoms with Crippen molar-refractivity contribution in [3.63, 3.8) is 0 Å². The zero-order chi connectivity index (χ0) is 21.4. The summed E-state index contributed by atoms with van der Waals surface area (Å²) in [5.74, 6) is -0.235. The van der Waals surface area contributed by atoms with Gasteiger partial charge in [0.05, 0.1) is 6.42 Å². The second-order valence-corrected chi connectivity index (χ2v) is 7.58. The van der Waals surface area contributed by atoms with Gasteiger partial charge in [0.2, 0.25) is 11.1 Å². The average molecular weight is 424 g/mol. The average Bonchev–Trinajstić information content (AvgIpc) is 3.30. The molecule has 0 aliphatic heterocycles. The van der Waals surface area contributed by atoms with E-state index in [2.05, 4.69) is 25.9 Å². The van der Waals surface area contributed by atoms with Crippen LogP contribution in [0.5, 0.6) is 0 Å². The van der Waals surface area contributed by atoms with Crippen molar-refractivity contribution in [3.05, 3.63) is 52.5 Å². The van der Waals surface area contributed by atoms with E-state index in [9.17, 15) is 9.59 Å². The fourth-order valence-electron chi connectivity index (χ4n) is 3.31. The van der Waals surface area contributed by atoms with Gasteiger partial charge in [-0.15, -0.1) is 5.10 Å². The number of hydrogen-bond donors (Lipinski definition) is 2. The molecule has 2 amide bonds. The number of carbonyl (C=O) groups is 2. The number of rotatable bonds is 4. The van der Waals surface area contributed by atoms with Crippen molar-refractivity contribution in [2.24, 2.45) is 0 Å². The van der Waals surface area contributed by atoms with Gasteiger partial charge in [0.15, 0.2) is 5.76 Å². The maximum atomic E-state index is 12.5. The Hall–Kier alpha value is -3.40. The van der Waals surface area contributed by atoms with Crippen LogP contribution < -0.4 is 10.9 Å². The molecule has 0 unspecified atom stereocenters. The number of para-hydroxylation sites is 1. The van der Waals surface area contributed by atoms with E-state index in [-0.39, 0.29) is 18.1 Å². The summed E-state index contributed by atoms with van der Waals surface area (Å²) in [7, 11) is 0. The first-order valence-corrected chi connectivity index (χ1v) is 10.5.